The fourth-order valence-electron chi connectivity index (χ4n) is 1.91. The maximum atomic E-state index is 10.6. The van der Waals surface area contributed by atoms with Gasteiger partial charge in [-0.25, -0.2) is 0 Å². The van der Waals surface area contributed by atoms with Gasteiger partial charge in [0, 0.05) is 27.4 Å². The summed E-state index contributed by atoms with van der Waals surface area (Å²) in [7, 11) is 0. The van der Waals surface area contributed by atoms with E-state index in [0.717, 1.165) is 15.2 Å². The molecule has 0 spiro atoms. The molecule has 1 N–H and O–H groups in total. The molecule has 1 aromatic carbocycles. The van der Waals surface area contributed by atoms with Crippen molar-refractivity contribution >= 4 is 34.0 Å². The van der Waals surface area contributed by atoms with Crippen LogP contribution in [-0.2, 0) is 0 Å². The minimum Gasteiger partial charge on any atom is -0.382 e. The highest BCUT2D eigenvalue weighted by Crippen LogP contribution is 2.34. The van der Waals surface area contributed by atoms with Crippen LogP contribution in [0, 0.1) is 19.6 Å². The molecule has 4 nitrogen and oxygen atoms in total. The van der Waals surface area contributed by atoms with Crippen molar-refractivity contribution in [3.8, 4) is 0 Å². The first-order valence-corrected chi connectivity index (χ1v) is 6.84. The molecule has 0 aromatic heterocycles. The summed E-state index contributed by atoms with van der Waals surface area (Å²) in [5, 5.41) is 14.0. The Bertz CT molecular complexity index is 433. The van der Waals surface area contributed by atoms with Gasteiger partial charge in [0.1, 0.15) is 0 Å². The van der Waals surface area contributed by atoms with Gasteiger partial charge in [-0.2, -0.15) is 0 Å². The average molecular weight is 346 g/mol. The molecule has 2 rings (SSSR count). The Labute approximate surface area is 114 Å². The molecule has 0 amide bonds. The zero-order chi connectivity index (χ0) is 12.4. The first-order chi connectivity index (χ1) is 8.06. The summed E-state index contributed by atoms with van der Waals surface area (Å²) in [6, 6.07) is 5.38. The molecule has 1 fully saturated rings. The molecule has 0 aliphatic heterocycles. The number of nitrogens with zero attached hydrogens (tertiary/aromatic N) is 1. The summed E-state index contributed by atoms with van der Waals surface area (Å²) >= 11 is 2.14. The van der Waals surface area contributed by atoms with E-state index in [2.05, 4.69) is 34.8 Å². The average Bonchev–Trinajstić information content (AvgIpc) is 3.04. The van der Waals surface area contributed by atoms with Gasteiger partial charge < -0.3 is 5.32 Å². The Morgan fingerprint density at radius 1 is 1.59 bits per heavy atom. The van der Waals surface area contributed by atoms with E-state index in [0.29, 0.717) is 6.04 Å². The van der Waals surface area contributed by atoms with E-state index in [4.69, 9.17) is 0 Å². The highest BCUT2D eigenvalue weighted by atomic mass is 127. The van der Waals surface area contributed by atoms with Crippen molar-refractivity contribution in [2.45, 2.75) is 32.2 Å². The normalized spacial score (nSPS) is 16.6. The molecule has 1 aliphatic carbocycles. The van der Waals surface area contributed by atoms with Gasteiger partial charge in [0.25, 0.3) is 5.69 Å². The van der Waals surface area contributed by atoms with Gasteiger partial charge in [-0.3, -0.25) is 10.1 Å². The highest BCUT2D eigenvalue weighted by molar-refractivity contribution is 14.1. The molecule has 1 saturated carbocycles. The van der Waals surface area contributed by atoms with Crippen molar-refractivity contribution in [2.75, 3.05) is 5.32 Å². The molecule has 1 aliphatic rings. The molecule has 0 heterocycles. The fourth-order valence-corrected chi connectivity index (χ4v) is 2.57. The largest absolute Gasteiger partial charge is 0.382 e. The number of rotatable bonds is 5. The highest BCUT2D eigenvalue weighted by Gasteiger charge is 2.23. The van der Waals surface area contributed by atoms with Crippen molar-refractivity contribution in [1.29, 1.82) is 0 Å². The third-order valence-electron chi connectivity index (χ3n) is 2.95. The van der Waals surface area contributed by atoms with E-state index >= 15 is 0 Å². The SMILES string of the molecule is CC(CC1CC1)Nc1ccc([N+](=O)[O-])cc1I. The van der Waals surface area contributed by atoms with Crippen LogP contribution in [0.1, 0.15) is 26.2 Å². The van der Waals surface area contributed by atoms with Crippen LogP contribution >= 0.6 is 22.6 Å². The minimum atomic E-state index is -0.362. The molecule has 0 saturated heterocycles. The van der Waals surface area contributed by atoms with Crippen molar-refractivity contribution in [2.24, 2.45) is 5.92 Å². The predicted octanol–water partition coefficient (Wildman–Crippen LogP) is 3.80. The molecule has 0 radical (unpaired) electrons. The third kappa shape index (κ3) is 3.55. The second-order valence-electron chi connectivity index (χ2n) is 4.65. The lowest BCUT2D eigenvalue weighted by Crippen LogP contribution is -2.16. The summed E-state index contributed by atoms with van der Waals surface area (Å²) in [6.07, 6.45) is 3.89. The first-order valence-electron chi connectivity index (χ1n) is 5.76. The number of hydrogen-bond acceptors (Lipinski definition) is 3. The Balaban J connectivity index is 2.02. The van der Waals surface area contributed by atoms with Gasteiger partial charge in [-0.1, -0.05) is 12.8 Å². The number of hydrogen-bond donors (Lipinski definition) is 1. The number of benzene rings is 1. The fraction of sp³-hybridized carbons (Fsp3) is 0.500. The summed E-state index contributed by atoms with van der Waals surface area (Å²) in [4.78, 5) is 10.3. The van der Waals surface area contributed by atoms with Crippen LogP contribution < -0.4 is 5.32 Å². The lowest BCUT2D eigenvalue weighted by atomic mass is 10.1. The Hall–Kier alpha value is -0.850. The van der Waals surface area contributed by atoms with Crippen LogP contribution in [0.3, 0.4) is 0 Å². The van der Waals surface area contributed by atoms with Crippen molar-refractivity contribution in [3.63, 3.8) is 0 Å². The zero-order valence-electron chi connectivity index (χ0n) is 9.65. The van der Waals surface area contributed by atoms with Crippen LogP contribution in [0.2, 0.25) is 0 Å². The summed E-state index contributed by atoms with van der Waals surface area (Å²) in [6.45, 7) is 2.16. The zero-order valence-corrected chi connectivity index (χ0v) is 11.8. The van der Waals surface area contributed by atoms with E-state index in [1.165, 1.54) is 19.3 Å². The van der Waals surface area contributed by atoms with Gasteiger partial charge in [-0.15, -0.1) is 0 Å². The van der Waals surface area contributed by atoms with E-state index < -0.39 is 0 Å². The second kappa shape index (κ2) is 5.20. The molecule has 5 heteroatoms. The third-order valence-corrected chi connectivity index (χ3v) is 3.84. The maximum absolute atomic E-state index is 10.6. The predicted molar refractivity (Wildman–Crippen MR) is 76.2 cm³/mol. The van der Waals surface area contributed by atoms with Gasteiger partial charge in [-0.05, 0) is 47.9 Å². The van der Waals surface area contributed by atoms with Crippen LogP contribution in [0.25, 0.3) is 0 Å². The molecule has 17 heavy (non-hydrogen) atoms. The number of non-ortho nitro benzene ring substituents is 1. The number of anilines is 1. The second-order valence-corrected chi connectivity index (χ2v) is 5.81. The Kier molecular flexibility index (Phi) is 3.86. The maximum Gasteiger partial charge on any atom is 0.270 e. The van der Waals surface area contributed by atoms with Crippen molar-refractivity contribution in [1.82, 2.24) is 0 Å². The molecule has 1 atom stereocenters. The van der Waals surface area contributed by atoms with Crippen LogP contribution in [0.4, 0.5) is 11.4 Å². The Morgan fingerprint density at radius 2 is 2.29 bits per heavy atom. The van der Waals surface area contributed by atoms with E-state index in [9.17, 15) is 10.1 Å². The molecular formula is C12H15IN2O2. The van der Waals surface area contributed by atoms with Crippen LogP contribution in [0.5, 0.6) is 0 Å². The monoisotopic (exact) mass is 346 g/mol. The molecule has 1 unspecified atom stereocenters. The first kappa shape index (κ1) is 12.6. The van der Waals surface area contributed by atoms with Gasteiger partial charge in [0.05, 0.1) is 4.92 Å². The Morgan fingerprint density at radius 3 is 2.82 bits per heavy atom. The van der Waals surface area contributed by atoms with Gasteiger partial charge >= 0.3 is 0 Å². The van der Waals surface area contributed by atoms with E-state index in [-0.39, 0.29) is 10.6 Å². The van der Waals surface area contributed by atoms with E-state index in [1.807, 2.05) is 0 Å². The smallest absolute Gasteiger partial charge is 0.270 e. The number of nitro groups is 1. The summed E-state index contributed by atoms with van der Waals surface area (Å²) < 4.78 is 0.902. The van der Waals surface area contributed by atoms with Crippen LogP contribution in [0.15, 0.2) is 18.2 Å². The standard InChI is InChI=1S/C12H15IN2O2/c1-8(6-9-2-3-9)14-12-5-4-10(15(16)17)7-11(12)13/h4-5,7-9,14H,2-3,6H2,1H3. The number of halogens is 1. The molecule has 0 bridgehead atoms. The van der Waals surface area contributed by atoms with Gasteiger partial charge in [0.2, 0.25) is 0 Å². The lowest BCUT2D eigenvalue weighted by Gasteiger charge is -2.15. The topological polar surface area (TPSA) is 55.2 Å². The molecule has 92 valence electrons. The number of nitro benzene ring substituents is 1. The summed E-state index contributed by atoms with van der Waals surface area (Å²) in [5.41, 5.74) is 1.14. The van der Waals surface area contributed by atoms with E-state index in [1.54, 1.807) is 18.2 Å². The lowest BCUT2D eigenvalue weighted by molar-refractivity contribution is -0.384. The molecule has 1 aromatic rings. The van der Waals surface area contributed by atoms with Crippen LogP contribution in [-0.4, -0.2) is 11.0 Å². The summed E-state index contributed by atoms with van der Waals surface area (Å²) in [5.74, 6) is 0.883. The number of nitrogens with one attached hydrogen (secondary N) is 1. The molecular weight excluding hydrogens is 331 g/mol. The van der Waals surface area contributed by atoms with Crippen molar-refractivity contribution < 1.29 is 4.92 Å². The van der Waals surface area contributed by atoms with Crippen molar-refractivity contribution in [3.05, 3.63) is 31.9 Å². The minimum absolute atomic E-state index is 0.148. The quantitative estimate of drug-likeness (QED) is 0.501. The van der Waals surface area contributed by atoms with Gasteiger partial charge in [0.15, 0.2) is 0 Å².